The molecule has 0 aromatic carbocycles. The molecule has 1 N–H and O–H groups in total. The summed E-state index contributed by atoms with van der Waals surface area (Å²) in [5.74, 6) is 1.03. The number of hydrogen-bond acceptors (Lipinski definition) is 4. The smallest absolute Gasteiger partial charge is 0.419 e. The lowest BCUT2D eigenvalue weighted by atomic mass is 9.52. The van der Waals surface area contributed by atoms with Gasteiger partial charge >= 0.3 is 6.09 Å². The number of aliphatic hydroxyl groups is 1. The second kappa shape index (κ2) is 3.60. The van der Waals surface area contributed by atoms with E-state index in [9.17, 15) is 9.90 Å². The van der Waals surface area contributed by atoms with Gasteiger partial charge in [0.25, 0.3) is 0 Å². The molecule has 0 saturated heterocycles. The van der Waals surface area contributed by atoms with E-state index in [1.165, 1.54) is 17.3 Å². The maximum Gasteiger partial charge on any atom is 0.419 e. The van der Waals surface area contributed by atoms with Crippen LogP contribution in [0.4, 0.5) is 4.79 Å². The average Bonchev–Trinajstić information content (AvgIpc) is 2.77. The highest BCUT2D eigenvalue weighted by Gasteiger charge is 2.59. The molecule has 5 nitrogen and oxygen atoms in total. The minimum Gasteiger partial charge on any atom is -0.442 e. The van der Waals surface area contributed by atoms with Gasteiger partial charge in [0.05, 0.1) is 5.60 Å². The van der Waals surface area contributed by atoms with Crippen LogP contribution in [0.3, 0.4) is 0 Å². The molecule has 4 fully saturated rings. The van der Waals surface area contributed by atoms with Gasteiger partial charge in [-0.2, -0.15) is 0 Å². The number of ether oxygens (including phenoxy) is 1. The van der Waals surface area contributed by atoms with E-state index < -0.39 is 11.2 Å². The zero-order valence-electron chi connectivity index (χ0n) is 10.8. The maximum absolute atomic E-state index is 12.1. The van der Waals surface area contributed by atoms with E-state index in [2.05, 4.69) is 4.98 Å². The Bertz CT molecular complexity index is 497. The molecule has 0 radical (unpaired) electrons. The molecule has 4 bridgehead atoms. The van der Waals surface area contributed by atoms with Gasteiger partial charge in [-0.05, 0) is 43.9 Å². The summed E-state index contributed by atoms with van der Waals surface area (Å²) in [7, 11) is 0. The molecular weight excluding hydrogens is 244 g/mol. The van der Waals surface area contributed by atoms with Crippen molar-refractivity contribution in [3.8, 4) is 0 Å². The Labute approximate surface area is 111 Å². The molecule has 4 aliphatic carbocycles. The number of carbonyl (C=O) groups excluding carboxylic acids is 1. The summed E-state index contributed by atoms with van der Waals surface area (Å²) in [5, 5.41) is 10.6. The van der Waals surface area contributed by atoms with Crippen LogP contribution in [0, 0.1) is 11.8 Å². The first kappa shape index (κ1) is 11.5. The maximum atomic E-state index is 12.1. The molecule has 5 rings (SSSR count). The van der Waals surface area contributed by atoms with Gasteiger partial charge in [-0.15, -0.1) is 0 Å². The van der Waals surface area contributed by atoms with Crippen molar-refractivity contribution in [1.82, 2.24) is 9.55 Å². The Balaban J connectivity index is 1.59. The van der Waals surface area contributed by atoms with Crippen molar-refractivity contribution < 1.29 is 14.6 Å². The van der Waals surface area contributed by atoms with Crippen LogP contribution in [0.5, 0.6) is 0 Å². The fourth-order valence-corrected chi connectivity index (χ4v) is 4.86. The lowest BCUT2D eigenvalue weighted by molar-refractivity contribution is -0.198. The molecule has 19 heavy (non-hydrogen) atoms. The van der Waals surface area contributed by atoms with E-state index in [-0.39, 0.29) is 6.09 Å². The SMILES string of the molecule is O=C(OC12CC3CC(CC(O)(C3)C1)C2)n1ccnc1. The average molecular weight is 262 g/mol. The Morgan fingerprint density at radius 3 is 2.63 bits per heavy atom. The Hall–Kier alpha value is -1.36. The van der Waals surface area contributed by atoms with Crippen LogP contribution in [0.15, 0.2) is 18.7 Å². The number of carbonyl (C=O) groups is 1. The quantitative estimate of drug-likeness (QED) is 0.840. The predicted molar refractivity (Wildman–Crippen MR) is 66.5 cm³/mol. The highest BCUT2D eigenvalue weighted by atomic mass is 16.6. The Morgan fingerprint density at radius 1 is 1.32 bits per heavy atom. The Morgan fingerprint density at radius 2 is 2.05 bits per heavy atom. The highest BCUT2D eigenvalue weighted by molar-refractivity contribution is 5.70. The lowest BCUT2D eigenvalue weighted by Crippen LogP contribution is -2.60. The summed E-state index contributed by atoms with van der Waals surface area (Å²) < 4.78 is 7.15. The van der Waals surface area contributed by atoms with Crippen molar-refractivity contribution in [1.29, 1.82) is 0 Å². The summed E-state index contributed by atoms with van der Waals surface area (Å²) in [6.45, 7) is 0. The first-order valence-corrected chi connectivity index (χ1v) is 7.00. The number of aromatic nitrogens is 2. The van der Waals surface area contributed by atoms with Crippen LogP contribution in [-0.4, -0.2) is 32.0 Å². The Kier molecular flexibility index (Phi) is 2.17. The number of rotatable bonds is 1. The number of nitrogens with zero attached hydrogens (tertiary/aromatic N) is 2. The monoisotopic (exact) mass is 262 g/mol. The number of hydrogen-bond donors (Lipinski definition) is 1. The predicted octanol–water partition coefficient (Wildman–Crippen LogP) is 1.95. The first-order valence-electron chi connectivity index (χ1n) is 7.00. The van der Waals surface area contributed by atoms with Gasteiger partial charge in [-0.25, -0.2) is 14.3 Å². The highest BCUT2D eigenvalue weighted by Crippen LogP contribution is 2.58. The van der Waals surface area contributed by atoms with Gasteiger partial charge in [0.2, 0.25) is 0 Å². The second-order valence-electron chi connectivity index (χ2n) is 6.71. The van der Waals surface area contributed by atoms with Gasteiger partial charge in [0, 0.05) is 18.8 Å². The molecule has 1 aromatic rings. The van der Waals surface area contributed by atoms with Crippen LogP contribution >= 0.6 is 0 Å². The van der Waals surface area contributed by atoms with Crippen molar-refractivity contribution in [3.05, 3.63) is 18.7 Å². The van der Waals surface area contributed by atoms with Gasteiger partial charge in [-0.3, -0.25) is 0 Å². The van der Waals surface area contributed by atoms with Crippen molar-refractivity contribution >= 4 is 6.09 Å². The van der Waals surface area contributed by atoms with E-state index in [0.717, 1.165) is 25.7 Å². The molecule has 1 heterocycles. The zero-order chi connectivity index (χ0) is 13.1. The van der Waals surface area contributed by atoms with E-state index in [1.807, 2.05) is 0 Å². The number of imidazole rings is 1. The standard InChI is InChI=1S/C14H18N2O3/c17-12(16-2-1-15-9-16)19-14-6-10-3-11(7-14)5-13(18,4-10)8-14/h1-2,9-11,18H,3-8H2. The minimum atomic E-state index is -0.598. The third-order valence-corrected chi connectivity index (χ3v) is 5.00. The molecule has 0 spiro atoms. The third kappa shape index (κ3) is 1.79. The molecule has 4 aliphatic rings. The summed E-state index contributed by atoms with van der Waals surface area (Å²) in [6.07, 6.45) is 9.62. The molecule has 5 heteroatoms. The van der Waals surface area contributed by atoms with Gasteiger partial charge in [0.15, 0.2) is 0 Å². The molecule has 102 valence electrons. The van der Waals surface area contributed by atoms with E-state index in [0.29, 0.717) is 18.3 Å². The van der Waals surface area contributed by atoms with Crippen LogP contribution in [0.2, 0.25) is 0 Å². The summed E-state index contributed by atoms with van der Waals surface area (Å²) >= 11 is 0. The normalized spacial score (nSPS) is 43.4. The lowest BCUT2D eigenvalue weighted by Gasteiger charge is -2.59. The molecule has 0 amide bonds. The van der Waals surface area contributed by atoms with Gasteiger partial charge in [-0.1, -0.05) is 0 Å². The topological polar surface area (TPSA) is 64.3 Å². The molecular formula is C14H18N2O3. The molecule has 4 saturated carbocycles. The second-order valence-corrected chi connectivity index (χ2v) is 6.71. The summed E-state index contributed by atoms with van der Waals surface area (Å²) in [6, 6.07) is 0. The van der Waals surface area contributed by atoms with Crippen LogP contribution < -0.4 is 0 Å². The summed E-state index contributed by atoms with van der Waals surface area (Å²) in [4.78, 5) is 16.0. The molecule has 0 aliphatic heterocycles. The van der Waals surface area contributed by atoms with E-state index in [4.69, 9.17) is 4.74 Å². The third-order valence-electron chi connectivity index (χ3n) is 5.00. The molecule has 2 unspecified atom stereocenters. The molecule has 2 atom stereocenters. The fraction of sp³-hybridized carbons (Fsp3) is 0.714. The van der Waals surface area contributed by atoms with Crippen LogP contribution in [0.25, 0.3) is 0 Å². The van der Waals surface area contributed by atoms with E-state index >= 15 is 0 Å². The van der Waals surface area contributed by atoms with Crippen LogP contribution in [0.1, 0.15) is 38.5 Å². The largest absolute Gasteiger partial charge is 0.442 e. The van der Waals surface area contributed by atoms with Crippen molar-refractivity contribution in [2.24, 2.45) is 11.8 Å². The van der Waals surface area contributed by atoms with Crippen molar-refractivity contribution in [2.45, 2.75) is 49.7 Å². The zero-order valence-corrected chi connectivity index (χ0v) is 10.8. The summed E-state index contributed by atoms with van der Waals surface area (Å²) in [5.41, 5.74) is -1.04. The first-order chi connectivity index (χ1) is 9.06. The van der Waals surface area contributed by atoms with Gasteiger partial charge < -0.3 is 9.84 Å². The van der Waals surface area contributed by atoms with Crippen molar-refractivity contribution in [3.63, 3.8) is 0 Å². The van der Waals surface area contributed by atoms with Gasteiger partial charge in [0.1, 0.15) is 11.9 Å². The fourth-order valence-electron chi connectivity index (χ4n) is 4.86. The minimum absolute atomic E-state index is 0.372. The molecule has 1 aromatic heterocycles. The van der Waals surface area contributed by atoms with Crippen LogP contribution in [-0.2, 0) is 4.74 Å². The van der Waals surface area contributed by atoms with E-state index in [1.54, 1.807) is 12.4 Å². The van der Waals surface area contributed by atoms with Crippen molar-refractivity contribution in [2.75, 3.05) is 0 Å².